The van der Waals surface area contributed by atoms with Gasteiger partial charge in [-0.15, -0.1) is 0 Å². The van der Waals surface area contributed by atoms with Crippen LogP contribution in [0.25, 0.3) is 0 Å². The number of nitrogens with one attached hydrogen (secondary N) is 1. The van der Waals surface area contributed by atoms with E-state index in [2.05, 4.69) is 12.2 Å². The Morgan fingerprint density at radius 3 is 2.56 bits per heavy atom. The molecule has 1 aromatic carbocycles. The van der Waals surface area contributed by atoms with E-state index < -0.39 is 10.8 Å². The van der Waals surface area contributed by atoms with Crippen molar-refractivity contribution in [2.24, 2.45) is 0 Å². The van der Waals surface area contributed by atoms with Gasteiger partial charge in [-0.3, -0.25) is 4.21 Å². The molecule has 1 N–H and O–H groups in total. The van der Waals surface area contributed by atoms with Crippen LogP contribution in [0.5, 0.6) is 0 Å². The predicted octanol–water partition coefficient (Wildman–Crippen LogP) is 3.80. The van der Waals surface area contributed by atoms with Gasteiger partial charge in [0.1, 0.15) is 0 Å². The van der Waals surface area contributed by atoms with Crippen molar-refractivity contribution in [2.75, 3.05) is 18.1 Å². The third-order valence-electron chi connectivity index (χ3n) is 2.80. The van der Waals surface area contributed by atoms with Crippen LogP contribution >= 0.6 is 23.2 Å². The second kappa shape index (κ2) is 8.16. The highest BCUT2D eigenvalue weighted by atomic mass is 35.5. The molecule has 2 nitrogen and oxygen atoms in total. The van der Waals surface area contributed by atoms with Gasteiger partial charge in [-0.2, -0.15) is 0 Å². The summed E-state index contributed by atoms with van der Waals surface area (Å²) in [5.41, 5.74) is 1.12. The van der Waals surface area contributed by atoms with Gasteiger partial charge in [0.15, 0.2) is 0 Å². The van der Waals surface area contributed by atoms with E-state index in [-0.39, 0.29) is 6.04 Å². The topological polar surface area (TPSA) is 29.1 Å². The summed E-state index contributed by atoms with van der Waals surface area (Å²) in [5, 5.41) is 4.55. The third-order valence-corrected chi connectivity index (χ3v) is 4.84. The molecule has 102 valence electrons. The first-order valence-corrected chi connectivity index (χ1v) is 8.36. The molecule has 0 fully saturated rings. The fourth-order valence-corrected chi connectivity index (χ4v) is 2.66. The van der Waals surface area contributed by atoms with E-state index >= 15 is 0 Å². The van der Waals surface area contributed by atoms with E-state index in [1.165, 1.54) is 0 Å². The molecule has 0 aliphatic heterocycles. The van der Waals surface area contributed by atoms with Crippen molar-refractivity contribution in [3.63, 3.8) is 0 Å². The average Bonchev–Trinajstić information content (AvgIpc) is 2.38. The van der Waals surface area contributed by atoms with Crippen LogP contribution in [-0.4, -0.2) is 22.3 Å². The molecule has 0 aliphatic rings. The number of hydrogen-bond donors (Lipinski definition) is 1. The summed E-state index contributed by atoms with van der Waals surface area (Å²) in [6.07, 6.45) is 0.955. The summed E-state index contributed by atoms with van der Waals surface area (Å²) in [6, 6.07) is 5.91. The van der Waals surface area contributed by atoms with Crippen molar-refractivity contribution in [3.8, 4) is 0 Å². The van der Waals surface area contributed by atoms with Gasteiger partial charge in [-0.05, 0) is 24.1 Å². The highest BCUT2D eigenvalue weighted by Crippen LogP contribution is 2.26. The van der Waals surface area contributed by atoms with Gasteiger partial charge in [0, 0.05) is 34.9 Å². The largest absolute Gasteiger partial charge is 0.309 e. The van der Waals surface area contributed by atoms with Crippen LogP contribution in [0.15, 0.2) is 18.2 Å². The second-order valence-corrected chi connectivity index (χ2v) is 6.70. The maximum absolute atomic E-state index is 11.3. The minimum absolute atomic E-state index is 0.230. The van der Waals surface area contributed by atoms with Crippen molar-refractivity contribution in [2.45, 2.75) is 26.3 Å². The molecular weight excluding hydrogens is 289 g/mol. The lowest BCUT2D eigenvalue weighted by molar-refractivity contribution is 0.538. The lowest BCUT2D eigenvalue weighted by Crippen LogP contribution is -2.25. The molecule has 0 spiro atoms. The Hall–Kier alpha value is -0.0900. The van der Waals surface area contributed by atoms with E-state index in [0.717, 1.165) is 18.5 Å². The zero-order valence-electron chi connectivity index (χ0n) is 10.7. The normalized spacial score (nSPS) is 14.4. The van der Waals surface area contributed by atoms with Crippen LogP contribution in [0, 0.1) is 0 Å². The van der Waals surface area contributed by atoms with Gasteiger partial charge in [0.25, 0.3) is 0 Å². The molecule has 0 aliphatic carbocycles. The number of benzene rings is 1. The molecule has 0 saturated heterocycles. The van der Waals surface area contributed by atoms with Crippen molar-refractivity contribution < 1.29 is 4.21 Å². The predicted molar refractivity (Wildman–Crippen MR) is 81.0 cm³/mol. The van der Waals surface area contributed by atoms with E-state index in [1.54, 1.807) is 0 Å². The zero-order chi connectivity index (χ0) is 13.5. The molecule has 5 heteroatoms. The van der Waals surface area contributed by atoms with Gasteiger partial charge in [-0.25, -0.2) is 0 Å². The maximum atomic E-state index is 11.3. The molecule has 0 heterocycles. The Labute approximate surface area is 122 Å². The highest BCUT2D eigenvalue weighted by Gasteiger charge is 2.10. The minimum Gasteiger partial charge on any atom is -0.309 e. The van der Waals surface area contributed by atoms with E-state index in [0.29, 0.717) is 21.6 Å². The molecular formula is C13H19Cl2NOS. The molecule has 0 aromatic heterocycles. The minimum atomic E-state index is -0.720. The Bertz CT molecular complexity index is 412. The van der Waals surface area contributed by atoms with Crippen LogP contribution in [0.1, 0.15) is 31.9 Å². The molecule has 2 atom stereocenters. The summed E-state index contributed by atoms with van der Waals surface area (Å²) < 4.78 is 11.3. The first kappa shape index (κ1) is 16.0. The van der Waals surface area contributed by atoms with Crippen molar-refractivity contribution in [3.05, 3.63) is 33.8 Å². The molecule has 18 heavy (non-hydrogen) atoms. The lowest BCUT2D eigenvalue weighted by Gasteiger charge is -2.17. The smallest absolute Gasteiger partial charge is 0.0595 e. The summed E-state index contributed by atoms with van der Waals surface area (Å²) in [5.74, 6) is 1.40. The van der Waals surface area contributed by atoms with Crippen LogP contribution in [0.2, 0.25) is 10.0 Å². The molecule has 1 rings (SSSR count). The SMILES string of the molecule is CCC(NCCS(=O)CC)c1ccc(Cl)c(Cl)c1. The Morgan fingerprint density at radius 2 is 2.00 bits per heavy atom. The number of halogens is 2. The van der Waals surface area contributed by atoms with Gasteiger partial charge in [0.2, 0.25) is 0 Å². The van der Waals surface area contributed by atoms with Gasteiger partial charge < -0.3 is 5.32 Å². The Kier molecular flexibility index (Phi) is 7.23. The quantitative estimate of drug-likeness (QED) is 0.830. The van der Waals surface area contributed by atoms with E-state index in [9.17, 15) is 4.21 Å². The second-order valence-electron chi connectivity index (χ2n) is 4.02. The average molecular weight is 308 g/mol. The zero-order valence-corrected chi connectivity index (χ0v) is 13.0. The van der Waals surface area contributed by atoms with Crippen molar-refractivity contribution in [1.29, 1.82) is 0 Å². The summed E-state index contributed by atoms with van der Waals surface area (Å²) in [7, 11) is -0.720. The summed E-state index contributed by atoms with van der Waals surface area (Å²) in [4.78, 5) is 0. The van der Waals surface area contributed by atoms with Gasteiger partial charge in [0.05, 0.1) is 10.0 Å². The van der Waals surface area contributed by atoms with E-state index in [1.807, 2.05) is 25.1 Å². The lowest BCUT2D eigenvalue weighted by atomic mass is 10.0. The number of hydrogen-bond acceptors (Lipinski definition) is 2. The van der Waals surface area contributed by atoms with Gasteiger partial charge >= 0.3 is 0 Å². The van der Waals surface area contributed by atoms with Crippen molar-refractivity contribution in [1.82, 2.24) is 5.32 Å². The van der Waals surface area contributed by atoms with Crippen LogP contribution in [0.3, 0.4) is 0 Å². The van der Waals surface area contributed by atoms with Crippen LogP contribution < -0.4 is 5.32 Å². The molecule has 0 amide bonds. The first-order chi connectivity index (χ1) is 8.58. The van der Waals surface area contributed by atoms with Crippen molar-refractivity contribution >= 4 is 34.0 Å². The number of rotatable bonds is 7. The first-order valence-electron chi connectivity index (χ1n) is 6.11. The molecule has 0 radical (unpaired) electrons. The third kappa shape index (κ3) is 4.88. The summed E-state index contributed by atoms with van der Waals surface area (Å²) in [6.45, 7) is 4.79. The fourth-order valence-electron chi connectivity index (χ4n) is 1.72. The fraction of sp³-hybridized carbons (Fsp3) is 0.538. The Morgan fingerprint density at radius 1 is 1.28 bits per heavy atom. The summed E-state index contributed by atoms with van der Waals surface area (Å²) >= 11 is 11.9. The van der Waals surface area contributed by atoms with E-state index in [4.69, 9.17) is 23.2 Å². The van der Waals surface area contributed by atoms with Gasteiger partial charge in [-0.1, -0.05) is 43.1 Å². The maximum Gasteiger partial charge on any atom is 0.0595 e. The molecule has 0 bridgehead atoms. The highest BCUT2D eigenvalue weighted by molar-refractivity contribution is 7.84. The van der Waals surface area contributed by atoms with Crippen LogP contribution in [0.4, 0.5) is 0 Å². The van der Waals surface area contributed by atoms with Crippen LogP contribution in [-0.2, 0) is 10.8 Å². The molecule has 0 saturated carbocycles. The Balaban J connectivity index is 2.60. The molecule has 2 unspecified atom stereocenters. The monoisotopic (exact) mass is 307 g/mol. The molecule has 1 aromatic rings. The standard InChI is InChI=1S/C13H19Cl2NOS/c1-3-13(16-7-8-18(17)4-2)10-5-6-11(14)12(15)9-10/h5-6,9,13,16H,3-4,7-8H2,1-2H3.